The molecule has 24 heavy (non-hydrogen) atoms. The molecule has 0 aliphatic heterocycles. The van der Waals surface area contributed by atoms with E-state index in [0.29, 0.717) is 6.54 Å². The minimum absolute atomic E-state index is 0.0796. The van der Waals surface area contributed by atoms with Gasteiger partial charge in [0.1, 0.15) is 5.75 Å². The van der Waals surface area contributed by atoms with Crippen LogP contribution in [0.5, 0.6) is 5.75 Å². The van der Waals surface area contributed by atoms with Crippen molar-refractivity contribution in [1.29, 1.82) is 0 Å². The fourth-order valence-corrected chi connectivity index (χ4v) is 2.26. The van der Waals surface area contributed by atoms with Gasteiger partial charge < -0.3 is 15.2 Å². The Morgan fingerprint density at radius 3 is 2.12 bits per heavy atom. The molecule has 1 unspecified atom stereocenters. The van der Waals surface area contributed by atoms with Gasteiger partial charge in [-0.15, -0.1) is 0 Å². The van der Waals surface area contributed by atoms with Crippen molar-refractivity contribution in [2.24, 2.45) is 0 Å². The van der Waals surface area contributed by atoms with Gasteiger partial charge in [0.15, 0.2) is 17.5 Å². The molecule has 2 N–H and O–H groups in total. The van der Waals surface area contributed by atoms with Gasteiger partial charge in [-0.2, -0.15) is 0 Å². The average Bonchev–Trinajstić information content (AvgIpc) is 2.54. The number of hydrogen-bond acceptors (Lipinski definition) is 3. The maximum absolute atomic E-state index is 13.3. The zero-order valence-corrected chi connectivity index (χ0v) is 13.5. The van der Waals surface area contributed by atoms with Gasteiger partial charge in [-0.05, 0) is 49.2 Å². The Hall–Kier alpha value is -2.05. The van der Waals surface area contributed by atoms with Crippen LogP contribution in [-0.4, -0.2) is 17.8 Å². The third-order valence-corrected chi connectivity index (χ3v) is 3.44. The molecule has 2 aromatic rings. The maximum atomic E-state index is 13.3. The Morgan fingerprint density at radius 1 is 1.04 bits per heavy atom. The minimum Gasteiger partial charge on any atom is -0.491 e. The van der Waals surface area contributed by atoms with Crippen LogP contribution in [0.25, 0.3) is 0 Å². The number of aliphatic hydroxyl groups excluding tert-OH is 1. The monoisotopic (exact) mass is 339 g/mol. The molecule has 0 saturated heterocycles. The second-order valence-electron chi connectivity index (χ2n) is 5.73. The van der Waals surface area contributed by atoms with E-state index in [-0.39, 0.29) is 18.3 Å². The van der Waals surface area contributed by atoms with E-state index < -0.39 is 23.5 Å². The maximum Gasteiger partial charge on any atom is 0.194 e. The lowest BCUT2D eigenvalue weighted by Gasteiger charge is -2.17. The van der Waals surface area contributed by atoms with Crippen LogP contribution in [0.4, 0.5) is 13.2 Å². The van der Waals surface area contributed by atoms with E-state index in [1.807, 2.05) is 38.1 Å². The Labute approximate surface area is 139 Å². The lowest BCUT2D eigenvalue weighted by molar-refractivity contribution is 0.241. The summed E-state index contributed by atoms with van der Waals surface area (Å²) in [6.07, 6.45) is 0.0796. The minimum atomic E-state index is -1.52. The van der Waals surface area contributed by atoms with Gasteiger partial charge >= 0.3 is 0 Å². The third-order valence-electron chi connectivity index (χ3n) is 3.44. The van der Waals surface area contributed by atoms with E-state index in [1.165, 1.54) is 0 Å². The normalized spacial score (nSPS) is 12.5. The second-order valence-corrected chi connectivity index (χ2v) is 5.73. The van der Waals surface area contributed by atoms with Gasteiger partial charge in [0.05, 0.1) is 18.8 Å². The highest BCUT2D eigenvalue weighted by molar-refractivity contribution is 5.28. The Morgan fingerprint density at radius 2 is 1.62 bits per heavy atom. The van der Waals surface area contributed by atoms with E-state index in [2.05, 4.69) is 5.32 Å². The van der Waals surface area contributed by atoms with Gasteiger partial charge in [-0.25, -0.2) is 13.2 Å². The molecule has 0 aliphatic carbocycles. The highest BCUT2D eigenvalue weighted by Gasteiger charge is 2.16. The van der Waals surface area contributed by atoms with Gasteiger partial charge in [0, 0.05) is 6.54 Å². The summed E-state index contributed by atoms with van der Waals surface area (Å²) < 4.78 is 45.2. The molecule has 3 nitrogen and oxygen atoms in total. The Kier molecular flexibility index (Phi) is 6.23. The predicted molar refractivity (Wildman–Crippen MR) is 85.2 cm³/mol. The van der Waals surface area contributed by atoms with Crippen LogP contribution in [-0.2, 0) is 6.54 Å². The molecule has 2 aromatic carbocycles. The molecule has 0 aliphatic rings. The van der Waals surface area contributed by atoms with E-state index in [1.54, 1.807) is 0 Å². The molecule has 0 aromatic heterocycles. The Balaban J connectivity index is 2.03. The zero-order valence-electron chi connectivity index (χ0n) is 13.5. The largest absolute Gasteiger partial charge is 0.491 e. The summed E-state index contributed by atoms with van der Waals surface area (Å²) in [6, 6.07) is 8.40. The molecule has 0 spiro atoms. The summed E-state index contributed by atoms with van der Waals surface area (Å²) in [5.74, 6) is -3.33. The first-order valence-corrected chi connectivity index (χ1v) is 7.65. The smallest absolute Gasteiger partial charge is 0.194 e. The summed E-state index contributed by atoms with van der Waals surface area (Å²) in [6.45, 7) is 3.86. The number of benzene rings is 2. The number of hydrogen-bond donors (Lipinski definition) is 2. The number of rotatable bonds is 7. The molecule has 0 fully saturated rings. The van der Waals surface area contributed by atoms with E-state index in [4.69, 9.17) is 4.74 Å². The topological polar surface area (TPSA) is 41.5 Å². The number of nitrogens with one attached hydrogen (secondary N) is 1. The average molecular weight is 339 g/mol. The molecule has 1 atom stereocenters. The first-order chi connectivity index (χ1) is 11.4. The van der Waals surface area contributed by atoms with Gasteiger partial charge in [-0.3, -0.25) is 0 Å². The molecular weight excluding hydrogens is 319 g/mol. The number of aliphatic hydroxyl groups is 1. The van der Waals surface area contributed by atoms with Crippen LogP contribution in [0.15, 0.2) is 36.4 Å². The quantitative estimate of drug-likeness (QED) is 0.756. The lowest BCUT2D eigenvalue weighted by atomic mass is 10.1. The Bertz CT molecular complexity index is 651. The third kappa shape index (κ3) is 4.72. The van der Waals surface area contributed by atoms with Crippen LogP contribution in [0.2, 0.25) is 0 Å². The molecule has 0 saturated carbocycles. The van der Waals surface area contributed by atoms with E-state index >= 15 is 0 Å². The highest BCUT2D eigenvalue weighted by Crippen LogP contribution is 2.20. The van der Waals surface area contributed by atoms with Crippen molar-refractivity contribution in [2.75, 3.05) is 6.61 Å². The van der Waals surface area contributed by atoms with Crippen molar-refractivity contribution >= 4 is 0 Å². The molecule has 0 heterocycles. The first-order valence-electron chi connectivity index (χ1n) is 7.65. The SMILES string of the molecule is CC(C)Oc1ccc(CNC(CO)c2cc(F)c(F)c(F)c2)cc1. The van der Waals surface area contributed by atoms with E-state index in [9.17, 15) is 18.3 Å². The zero-order chi connectivity index (χ0) is 17.7. The van der Waals surface area contributed by atoms with Crippen LogP contribution >= 0.6 is 0 Å². The number of ether oxygens (including phenoxy) is 1. The highest BCUT2D eigenvalue weighted by atomic mass is 19.2. The number of halogens is 3. The van der Waals surface area contributed by atoms with Crippen LogP contribution in [0.1, 0.15) is 31.0 Å². The van der Waals surface area contributed by atoms with Gasteiger partial charge in [0.2, 0.25) is 0 Å². The van der Waals surface area contributed by atoms with Crippen molar-refractivity contribution in [3.05, 3.63) is 65.0 Å². The standard InChI is InChI=1S/C18H20F3NO2/c1-11(2)24-14-5-3-12(4-6-14)9-22-17(10-23)13-7-15(19)18(21)16(20)8-13/h3-8,11,17,22-23H,9-10H2,1-2H3. The van der Waals surface area contributed by atoms with Crippen molar-refractivity contribution in [3.8, 4) is 5.75 Å². The van der Waals surface area contributed by atoms with Gasteiger partial charge in [0.25, 0.3) is 0 Å². The fraction of sp³-hybridized carbons (Fsp3) is 0.333. The molecule has 0 bridgehead atoms. The van der Waals surface area contributed by atoms with Crippen molar-refractivity contribution in [2.45, 2.75) is 32.5 Å². The van der Waals surface area contributed by atoms with E-state index in [0.717, 1.165) is 23.4 Å². The summed E-state index contributed by atoms with van der Waals surface area (Å²) >= 11 is 0. The molecule has 2 rings (SSSR count). The molecule has 6 heteroatoms. The second kappa shape index (κ2) is 8.17. The van der Waals surface area contributed by atoms with Crippen molar-refractivity contribution in [3.63, 3.8) is 0 Å². The van der Waals surface area contributed by atoms with Gasteiger partial charge in [-0.1, -0.05) is 12.1 Å². The lowest BCUT2D eigenvalue weighted by Crippen LogP contribution is -2.24. The molecule has 0 amide bonds. The van der Waals surface area contributed by atoms with Crippen LogP contribution < -0.4 is 10.1 Å². The summed E-state index contributed by atoms with van der Waals surface area (Å²) in [5.41, 5.74) is 1.06. The van der Waals surface area contributed by atoms with Crippen LogP contribution in [0, 0.1) is 17.5 Å². The molecular formula is C18H20F3NO2. The summed E-state index contributed by atoms with van der Waals surface area (Å²) in [4.78, 5) is 0. The van der Waals surface area contributed by atoms with Crippen molar-refractivity contribution in [1.82, 2.24) is 5.32 Å². The summed E-state index contributed by atoms with van der Waals surface area (Å²) in [5, 5.41) is 12.4. The molecule has 130 valence electrons. The fourth-order valence-electron chi connectivity index (χ4n) is 2.26. The predicted octanol–water partition coefficient (Wildman–Crippen LogP) is 3.71. The van der Waals surface area contributed by atoms with Crippen LogP contribution in [0.3, 0.4) is 0 Å². The first kappa shape index (κ1) is 18.3. The van der Waals surface area contributed by atoms with Crippen molar-refractivity contribution < 1.29 is 23.0 Å². The summed E-state index contributed by atoms with van der Waals surface area (Å²) in [7, 11) is 0. The molecule has 0 radical (unpaired) electrons.